The molecule has 0 saturated heterocycles. The molecule has 0 atom stereocenters. The minimum atomic E-state index is 0.101. The van der Waals surface area contributed by atoms with E-state index in [2.05, 4.69) is 22.4 Å². The van der Waals surface area contributed by atoms with E-state index in [0.717, 1.165) is 24.2 Å². The van der Waals surface area contributed by atoms with Gasteiger partial charge in [-0.1, -0.05) is 39.3 Å². The van der Waals surface area contributed by atoms with Gasteiger partial charge in [-0.2, -0.15) is 10.4 Å². The van der Waals surface area contributed by atoms with E-state index in [1.54, 1.807) is 6.21 Å². The predicted octanol–water partition coefficient (Wildman–Crippen LogP) is 4.29. The molecule has 6 nitrogen and oxygen atoms in total. The van der Waals surface area contributed by atoms with E-state index < -0.39 is 0 Å². The van der Waals surface area contributed by atoms with Gasteiger partial charge in [0.2, 0.25) is 11.6 Å². The molecule has 0 saturated carbocycles. The number of aromatic nitrogens is 1. The van der Waals surface area contributed by atoms with Crippen LogP contribution in [0.1, 0.15) is 56.7 Å². The molecule has 126 valence electrons. The van der Waals surface area contributed by atoms with Crippen molar-refractivity contribution in [1.82, 2.24) is 4.98 Å². The molecule has 1 aromatic heterocycles. The highest BCUT2D eigenvalue weighted by atomic mass is 16.5. The van der Waals surface area contributed by atoms with E-state index in [1.165, 1.54) is 0 Å². The second-order valence-corrected chi connectivity index (χ2v) is 5.61. The number of hydrogen-bond donors (Lipinski definition) is 1. The fourth-order valence-corrected chi connectivity index (χ4v) is 1.94. The first kappa shape index (κ1) is 17.5. The second kappa shape index (κ2) is 8.73. The molecule has 1 heterocycles. The molecular formula is C18H22N4O2. The Morgan fingerprint density at radius 2 is 2.21 bits per heavy atom. The van der Waals surface area contributed by atoms with E-state index in [-0.39, 0.29) is 17.5 Å². The molecule has 0 fully saturated rings. The Bertz CT molecular complexity index is 729. The highest BCUT2D eigenvalue weighted by Crippen LogP contribution is 2.22. The van der Waals surface area contributed by atoms with Crippen molar-refractivity contribution in [3.8, 4) is 11.8 Å². The number of hydrogen-bond acceptors (Lipinski definition) is 6. The SMILES string of the molecule is CCCCOc1ccccc1/C=N/Nc1oc(C(C)C)nc1C#N. The number of anilines is 1. The van der Waals surface area contributed by atoms with Crippen LogP contribution < -0.4 is 10.2 Å². The fraction of sp³-hybridized carbons (Fsp3) is 0.389. The van der Waals surface area contributed by atoms with Crippen LogP contribution in [0.3, 0.4) is 0 Å². The number of unbranched alkanes of at least 4 members (excludes halogenated alkanes) is 1. The van der Waals surface area contributed by atoms with E-state index in [4.69, 9.17) is 14.4 Å². The molecule has 2 aromatic rings. The van der Waals surface area contributed by atoms with Crippen LogP contribution in [-0.4, -0.2) is 17.8 Å². The number of para-hydroxylation sites is 1. The molecule has 0 aliphatic heterocycles. The van der Waals surface area contributed by atoms with Crippen LogP contribution >= 0.6 is 0 Å². The van der Waals surface area contributed by atoms with Gasteiger partial charge in [-0.15, -0.1) is 0 Å². The highest BCUT2D eigenvalue weighted by Gasteiger charge is 2.14. The summed E-state index contributed by atoms with van der Waals surface area (Å²) in [6, 6.07) is 9.66. The van der Waals surface area contributed by atoms with Gasteiger partial charge in [0.05, 0.1) is 12.8 Å². The Labute approximate surface area is 142 Å². The summed E-state index contributed by atoms with van der Waals surface area (Å²) < 4.78 is 11.3. The standard InChI is InChI=1S/C18H22N4O2/c1-4-5-10-23-16-9-7-6-8-14(16)12-20-22-18-15(11-19)21-17(24-18)13(2)3/h6-9,12-13,22H,4-5,10H2,1-3H3/b20-12+. The van der Waals surface area contributed by atoms with Crippen LogP contribution in [0.15, 0.2) is 33.8 Å². The van der Waals surface area contributed by atoms with Gasteiger partial charge in [0.15, 0.2) is 0 Å². The summed E-state index contributed by atoms with van der Waals surface area (Å²) in [7, 11) is 0. The maximum atomic E-state index is 9.11. The maximum absolute atomic E-state index is 9.11. The Kier molecular flexibility index (Phi) is 6.38. The minimum Gasteiger partial charge on any atom is -0.493 e. The lowest BCUT2D eigenvalue weighted by Crippen LogP contribution is -2.00. The van der Waals surface area contributed by atoms with Gasteiger partial charge >= 0.3 is 0 Å². The topological polar surface area (TPSA) is 83.4 Å². The summed E-state index contributed by atoms with van der Waals surface area (Å²) in [5, 5.41) is 13.3. The number of nitrogens with one attached hydrogen (secondary N) is 1. The predicted molar refractivity (Wildman–Crippen MR) is 93.4 cm³/mol. The third-order valence-electron chi connectivity index (χ3n) is 3.29. The van der Waals surface area contributed by atoms with Gasteiger partial charge < -0.3 is 9.15 Å². The Hall–Kier alpha value is -2.81. The average Bonchev–Trinajstić information content (AvgIpc) is 3.00. The third kappa shape index (κ3) is 4.59. The van der Waals surface area contributed by atoms with Crippen molar-refractivity contribution < 1.29 is 9.15 Å². The summed E-state index contributed by atoms with van der Waals surface area (Å²) in [4.78, 5) is 4.13. The van der Waals surface area contributed by atoms with Crippen LogP contribution in [-0.2, 0) is 0 Å². The average molecular weight is 326 g/mol. The molecule has 1 N–H and O–H groups in total. The minimum absolute atomic E-state index is 0.101. The van der Waals surface area contributed by atoms with Crippen LogP contribution in [0.25, 0.3) is 0 Å². The van der Waals surface area contributed by atoms with Crippen molar-refractivity contribution in [2.45, 2.75) is 39.5 Å². The smallest absolute Gasteiger partial charge is 0.252 e. The number of oxazole rings is 1. The maximum Gasteiger partial charge on any atom is 0.252 e. The van der Waals surface area contributed by atoms with Gasteiger partial charge in [0, 0.05) is 11.5 Å². The number of ether oxygens (including phenoxy) is 1. The lowest BCUT2D eigenvalue weighted by atomic mass is 10.2. The van der Waals surface area contributed by atoms with Crippen molar-refractivity contribution in [2.24, 2.45) is 5.10 Å². The largest absolute Gasteiger partial charge is 0.493 e. The Balaban J connectivity index is 2.08. The molecule has 0 radical (unpaired) electrons. The molecule has 0 aliphatic rings. The third-order valence-corrected chi connectivity index (χ3v) is 3.29. The molecule has 6 heteroatoms. The monoisotopic (exact) mass is 326 g/mol. The van der Waals surface area contributed by atoms with Crippen molar-refractivity contribution in [3.05, 3.63) is 41.4 Å². The number of nitrogens with zero attached hydrogens (tertiary/aromatic N) is 3. The van der Waals surface area contributed by atoms with Crippen molar-refractivity contribution in [1.29, 1.82) is 5.26 Å². The molecule has 0 spiro atoms. The summed E-state index contributed by atoms with van der Waals surface area (Å²) >= 11 is 0. The number of benzene rings is 1. The molecule has 0 bridgehead atoms. The quantitative estimate of drug-likeness (QED) is 0.444. The van der Waals surface area contributed by atoms with Gasteiger partial charge in [-0.05, 0) is 18.6 Å². The Morgan fingerprint density at radius 3 is 2.92 bits per heavy atom. The summed E-state index contributed by atoms with van der Waals surface area (Å²) in [6.07, 6.45) is 3.73. The summed E-state index contributed by atoms with van der Waals surface area (Å²) in [6.45, 7) is 6.69. The number of rotatable bonds is 8. The van der Waals surface area contributed by atoms with E-state index in [9.17, 15) is 0 Å². The normalized spacial score (nSPS) is 11.0. The van der Waals surface area contributed by atoms with E-state index in [1.807, 2.05) is 44.2 Å². The molecule has 24 heavy (non-hydrogen) atoms. The zero-order chi connectivity index (χ0) is 17.4. The first-order valence-corrected chi connectivity index (χ1v) is 8.07. The lowest BCUT2D eigenvalue weighted by molar-refractivity contribution is 0.309. The molecule has 0 unspecified atom stereocenters. The van der Waals surface area contributed by atoms with Crippen LogP contribution in [0, 0.1) is 11.3 Å². The van der Waals surface area contributed by atoms with Crippen LogP contribution in [0.5, 0.6) is 5.75 Å². The van der Waals surface area contributed by atoms with Crippen molar-refractivity contribution in [2.75, 3.05) is 12.0 Å². The molecule has 1 aromatic carbocycles. The highest BCUT2D eigenvalue weighted by molar-refractivity contribution is 5.83. The van der Waals surface area contributed by atoms with Gasteiger partial charge in [0.25, 0.3) is 5.88 Å². The molecule has 0 aliphatic carbocycles. The second-order valence-electron chi connectivity index (χ2n) is 5.61. The first-order chi connectivity index (χ1) is 11.7. The lowest BCUT2D eigenvalue weighted by Gasteiger charge is -2.07. The van der Waals surface area contributed by atoms with Crippen molar-refractivity contribution in [3.63, 3.8) is 0 Å². The first-order valence-electron chi connectivity index (χ1n) is 8.07. The fourth-order valence-electron chi connectivity index (χ4n) is 1.94. The van der Waals surface area contributed by atoms with Gasteiger partial charge in [-0.25, -0.2) is 10.4 Å². The van der Waals surface area contributed by atoms with Crippen molar-refractivity contribution >= 4 is 12.1 Å². The van der Waals surface area contributed by atoms with Crippen LogP contribution in [0.4, 0.5) is 5.88 Å². The number of nitriles is 1. The van der Waals surface area contributed by atoms with Gasteiger partial charge in [0.1, 0.15) is 11.8 Å². The number of hydrazone groups is 1. The molecule has 2 rings (SSSR count). The zero-order valence-electron chi connectivity index (χ0n) is 14.2. The summed E-state index contributed by atoms with van der Waals surface area (Å²) in [5.41, 5.74) is 3.79. The Morgan fingerprint density at radius 1 is 1.42 bits per heavy atom. The van der Waals surface area contributed by atoms with Crippen LogP contribution in [0.2, 0.25) is 0 Å². The molecule has 0 amide bonds. The summed E-state index contributed by atoms with van der Waals surface area (Å²) in [5.74, 6) is 1.64. The zero-order valence-corrected chi connectivity index (χ0v) is 14.2. The van der Waals surface area contributed by atoms with Gasteiger partial charge in [-0.3, -0.25) is 0 Å². The van der Waals surface area contributed by atoms with E-state index >= 15 is 0 Å². The molecular weight excluding hydrogens is 304 g/mol. The van der Waals surface area contributed by atoms with E-state index in [0.29, 0.717) is 12.5 Å².